The van der Waals surface area contributed by atoms with Crippen molar-refractivity contribution >= 4 is 46.4 Å². The van der Waals surface area contributed by atoms with Crippen LogP contribution in [0.4, 0.5) is 5.69 Å². The molecule has 1 amide bonds. The molecule has 0 spiro atoms. The Morgan fingerprint density at radius 3 is 2.15 bits per heavy atom. The van der Waals surface area contributed by atoms with Gasteiger partial charge in [-0.2, -0.15) is 5.10 Å². The van der Waals surface area contributed by atoms with E-state index in [-0.39, 0.29) is 5.91 Å². The number of aryl methyl sites for hydroxylation is 1. The summed E-state index contributed by atoms with van der Waals surface area (Å²) in [6, 6.07) is 24.8. The van der Waals surface area contributed by atoms with E-state index in [9.17, 15) is 4.79 Å². The molecule has 33 heavy (non-hydrogen) atoms. The maximum atomic E-state index is 13.4. The summed E-state index contributed by atoms with van der Waals surface area (Å²) in [4.78, 5) is 13.4. The van der Waals surface area contributed by atoms with E-state index in [0.29, 0.717) is 27.9 Å². The van der Waals surface area contributed by atoms with Crippen molar-refractivity contribution in [2.75, 3.05) is 5.32 Å². The van der Waals surface area contributed by atoms with Gasteiger partial charge >= 0.3 is 0 Å². The van der Waals surface area contributed by atoms with Crippen LogP contribution < -0.4 is 5.32 Å². The molecule has 0 fully saturated rings. The highest BCUT2D eigenvalue weighted by Gasteiger charge is 2.19. The molecule has 0 atom stereocenters. The molecule has 0 saturated carbocycles. The van der Waals surface area contributed by atoms with Crippen LogP contribution in [0.2, 0.25) is 10.0 Å². The van der Waals surface area contributed by atoms with Crippen LogP contribution in [-0.2, 0) is 11.3 Å². The first kappa shape index (κ1) is 22.8. The third kappa shape index (κ3) is 5.19. The zero-order valence-electron chi connectivity index (χ0n) is 18.3. The second-order valence-electron chi connectivity index (χ2n) is 7.69. The normalized spacial score (nSPS) is 11.5. The fourth-order valence-corrected chi connectivity index (χ4v) is 4.18. The van der Waals surface area contributed by atoms with Gasteiger partial charge in [-0.25, -0.2) is 0 Å². The van der Waals surface area contributed by atoms with Crippen molar-refractivity contribution < 1.29 is 4.79 Å². The average Bonchev–Trinajstić information content (AvgIpc) is 3.08. The maximum absolute atomic E-state index is 13.4. The second kappa shape index (κ2) is 10.1. The lowest BCUT2D eigenvalue weighted by Crippen LogP contribution is -2.15. The highest BCUT2D eigenvalue weighted by atomic mass is 35.5. The number of amides is 1. The van der Waals surface area contributed by atoms with Crippen LogP contribution in [0.25, 0.3) is 11.6 Å². The van der Waals surface area contributed by atoms with Gasteiger partial charge in [0, 0.05) is 21.2 Å². The third-order valence-electron chi connectivity index (χ3n) is 5.43. The number of nitrogens with one attached hydrogen (secondary N) is 1. The van der Waals surface area contributed by atoms with Gasteiger partial charge in [0.1, 0.15) is 0 Å². The van der Waals surface area contributed by atoms with Crippen LogP contribution in [0, 0.1) is 13.8 Å². The summed E-state index contributed by atoms with van der Waals surface area (Å²) in [5.41, 5.74) is 5.37. The number of benzene rings is 3. The van der Waals surface area contributed by atoms with Crippen molar-refractivity contribution in [1.29, 1.82) is 0 Å². The molecule has 0 saturated heterocycles. The molecular formula is C27H23Cl2N3O. The summed E-state index contributed by atoms with van der Waals surface area (Å²) in [5.74, 6) is -0.202. The predicted molar refractivity (Wildman–Crippen MR) is 137 cm³/mol. The van der Waals surface area contributed by atoms with Crippen molar-refractivity contribution in [3.05, 3.63) is 117 Å². The Bertz CT molecular complexity index is 1290. The molecule has 1 N–H and O–H groups in total. The summed E-state index contributed by atoms with van der Waals surface area (Å²) >= 11 is 12.7. The molecular weight excluding hydrogens is 453 g/mol. The number of aromatic nitrogens is 2. The van der Waals surface area contributed by atoms with Gasteiger partial charge in [-0.05, 0) is 43.2 Å². The maximum Gasteiger partial charge on any atom is 0.256 e. The van der Waals surface area contributed by atoms with Gasteiger partial charge in [0.15, 0.2) is 0 Å². The Morgan fingerprint density at radius 2 is 1.52 bits per heavy atom. The van der Waals surface area contributed by atoms with E-state index in [2.05, 4.69) is 10.4 Å². The molecule has 4 rings (SSSR count). The molecule has 4 aromatic rings. The van der Waals surface area contributed by atoms with Crippen LogP contribution in [0.3, 0.4) is 0 Å². The smallest absolute Gasteiger partial charge is 0.256 e. The van der Waals surface area contributed by atoms with Crippen molar-refractivity contribution in [3.63, 3.8) is 0 Å². The summed E-state index contributed by atoms with van der Waals surface area (Å²) in [6.07, 6.45) is 1.89. The Hall–Kier alpha value is -3.34. The summed E-state index contributed by atoms with van der Waals surface area (Å²) < 4.78 is 1.81. The van der Waals surface area contributed by atoms with Crippen LogP contribution >= 0.6 is 23.2 Å². The minimum Gasteiger partial charge on any atom is -0.319 e. The van der Waals surface area contributed by atoms with E-state index >= 15 is 0 Å². The standard InChI is InChI=1S/C27H23Cl2N3O/c1-18-26(19(2)32(31-18)17-23-24(28)14-9-15-25(23)29)30-27(33)22(21-12-7-4-8-13-21)16-20-10-5-3-6-11-20/h3-16H,17H2,1-2H3,(H,30,33)/b22-16-. The van der Waals surface area contributed by atoms with Crippen molar-refractivity contribution in [2.45, 2.75) is 20.4 Å². The molecule has 0 aliphatic carbocycles. The van der Waals surface area contributed by atoms with Gasteiger partial charge in [0.25, 0.3) is 5.91 Å². The number of rotatable bonds is 6. The Kier molecular flexibility index (Phi) is 6.97. The average molecular weight is 476 g/mol. The lowest BCUT2D eigenvalue weighted by atomic mass is 10.0. The number of hydrogen-bond acceptors (Lipinski definition) is 2. The largest absolute Gasteiger partial charge is 0.319 e. The molecule has 6 heteroatoms. The number of carbonyl (C=O) groups excluding carboxylic acids is 1. The fourth-order valence-electron chi connectivity index (χ4n) is 3.66. The van der Waals surface area contributed by atoms with Crippen LogP contribution in [0.5, 0.6) is 0 Å². The SMILES string of the molecule is Cc1nn(Cc2c(Cl)cccc2Cl)c(C)c1NC(=O)/C(=C\c1ccccc1)c1ccccc1. The van der Waals surface area contributed by atoms with Gasteiger partial charge in [0.05, 0.1) is 23.6 Å². The van der Waals surface area contributed by atoms with E-state index in [4.69, 9.17) is 23.2 Å². The van der Waals surface area contributed by atoms with Crippen molar-refractivity contribution in [1.82, 2.24) is 9.78 Å². The Morgan fingerprint density at radius 1 is 0.909 bits per heavy atom. The fraction of sp³-hybridized carbons (Fsp3) is 0.111. The molecule has 1 aromatic heterocycles. The molecule has 0 aliphatic heterocycles. The summed E-state index contributed by atoms with van der Waals surface area (Å²) in [5, 5.41) is 8.86. The Balaban J connectivity index is 1.66. The molecule has 0 bridgehead atoms. The Labute approximate surface area is 203 Å². The number of nitrogens with zero attached hydrogens (tertiary/aromatic N) is 2. The van der Waals surface area contributed by atoms with E-state index in [0.717, 1.165) is 28.1 Å². The first-order chi connectivity index (χ1) is 15.9. The van der Waals surface area contributed by atoms with Crippen LogP contribution in [0.1, 0.15) is 28.1 Å². The monoisotopic (exact) mass is 475 g/mol. The van der Waals surface area contributed by atoms with Gasteiger partial charge < -0.3 is 5.32 Å². The van der Waals surface area contributed by atoms with E-state index < -0.39 is 0 Å². The molecule has 0 unspecified atom stereocenters. The van der Waals surface area contributed by atoms with Gasteiger partial charge in [-0.15, -0.1) is 0 Å². The molecule has 0 radical (unpaired) electrons. The number of hydrogen-bond donors (Lipinski definition) is 1. The summed E-state index contributed by atoms with van der Waals surface area (Å²) in [7, 11) is 0. The van der Waals surface area contributed by atoms with E-state index in [1.54, 1.807) is 16.8 Å². The van der Waals surface area contributed by atoms with Gasteiger partial charge in [0.2, 0.25) is 0 Å². The molecule has 1 heterocycles. The second-order valence-corrected chi connectivity index (χ2v) is 8.51. The zero-order chi connectivity index (χ0) is 23.4. The molecule has 0 aliphatic rings. The van der Waals surface area contributed by atoms with E-state index in [1.807, 2.05) is 86.7 Å². The minimum absolute atomic E-state index is 0.202. The summed E-state index contributed by atoms with van der Waals surface area (Å²) in [6.45, 7) is 4.20. The van der Waals surface area contributed by atoms with Crippen LogP contribution in [-0.4, -0.2) is 15.7 Å². The van der Waals surface area contributed by atoms with Gasteiger partial charge in [-0.1, -0.05) is 89.9 Å². The molecule has 3 aromatic carbocycles. The first-order valence-electron chi connectivity index (χ1n) is 10.5. The zero-order valence-corrected chi connectivity index (χ0v) is 19.9. The topological polar surface area (TPSA) is 46.9 Å². The molecule has 4 nitrogen and oxygen atoms in total. The van der Waals surface area contributed by atoms with Crippen molar-refractivity contribution in [2.24, 2.45) is 0 Å². The van der Waals surface area contributed by atoms with Crippen LogP contribution in [0.15, 0.2) is 78.9 Å². The van der Waals surface area contributed by atoms with E-state index in [1.165, 1.54) is 0 Å². The van der Waals surface area contributed by atoms with Crippen molar-refractivity contribution in [3.8, 4) is 0 Å². The lowest BCUT2D eigenvalue weighted by molar-refractivity contribution is -0.111. The quantitative estimate of drug-likeness (QED) is 0.240. The number of carbonyl (C=O) groups is 1. The minimum atomic E-state index is -0.202. The lowest BCUT2D eigenvalue weighted by Gasteiger charge is -2.11. The van der Waals surface area contributed by atoms with Gasteiger partial charge in [-0.3, -0.25) is 9.48 Å². The number of halogens is 2. The predicted octanol–water partition coefficient (Wildman–Crippen LogP) is 7.03. The highest BCUT2D eigenvalue weighted by Crippen LogP contribution is 2.28. The number of anilines is 1. The molecule has 166 valence electrons. The highest BCUT2D eigenvalue weighted by molar-refractivity contribution is 6.36. The third-order valence-corrected chi connectivity index (χ3v) is 6.14. The first-order valence-corrected chi connectivity index (χ1v) is 11.3.